The number of piperidine rings is 1. The summed E-state index contributed by atoms with van der Waals surface area (Å²) in [6.07, 6.45) is 7.05. The molecule has 0 bridgehead atoms. The van der Waals surface area contributed by atoms with E-state index in [0.29, 0.717) is 30.5 Å². The van der Waals surface area contributed by atoms with E-state index in [0.717, 1.165) is 63.2 Å². The lowest BCUT2D eigenvalue weighted by molar-refractivity contribution is 0.0946. The van der Waals surface area contributed by atoms with Crippen LogP contribution in [0.4, 0.5) is 0 Å². The Labute approximate surface area is 176 Å². The van der Waals surface area contributed by atoms with Crippen molar-refractivity contribution in [2.75, 3.05) is 26.4 Å². The monoisotopic (exact) mass is 411 g/mol. The van der Waals surface area contributed by atoms with Crippen LogP contribution in [0, 0.1) is 5.92 Å². The second-order valence-electron chi connectivity index (χ2n) is 8.86. The Morgan fingerprint density at radius 3 is 2.80 bits per heavy atom. The molecule has 0 unspecified atom stereocenters. The smallest absolute Gasteiger partial charge is 0.273 e. The molecule has 1 aromatic carbocycles. The molecule has 3 aliphatic rings. The van der Waals surface area contributed by atoms with Gasteiger partial charge in [0.15, 0.2) is 17.2 Å². The first-order valence-electron chi connectivity index (χ1n) is 11.0. The highest BCUT2D eigenvalue weighted by atomic mass is 16.7. The highest BCUT2D eigenvalue weighted by molar-refractivity contribution is 5.92. The third-order valence-electron chi connectivity index (χ3n) is 6.18. The number of benzene rings is 1. The number of fused-ring (bicyclic) bond motifs is 1. The van der Waals surface area contributed by atoms with Crippen LogP contribution in [0.2, 0.25) is 0 Å². The Morgan fingerprint density at radius 2 is 2.00 bits per heavy atom. The van der Waals surface area contributed by atoms with E-state index in [2.05, 4.69) is 39.6 Å². The lowest BCUT2D eigenvalue weighted by Gasteiger charge is -2.33. The number of ether oxygens (including phenoxy) is 2. The van der Waals surface area contributed by atoms with Crippen molar-refractivity contribution in [3.8, 4) is 11.5 Å². The summed E-state index contributed by atoms with van der Waals surface area (Å²) < 4.78 is 12.8. The summed E-state index contributed by atoms with van der Waals surface area (Å²) in [6, 6.07) is 6.91. The van der Waals surface area contributed by atoms with Gasteiger partial charge in [-0.1, -0.05) is 18.2 Å². The molecule has 1 aliphatic carbocycles. The molecular formula is C22H29N5O3. The van der Waals surface area contributed by atoms with Crippen molar-refractivity contribution in [2.45, 2.75) is 51.1 Å². The highest BCUT2D eigenvalue weighted by Crippen LogP contribution is 2.33. The summed E-state index contributed by atoms with van der Waals surface area (Å²) in [7, 11) is 0. The van der Waals surface area contributed by atoms with Crippen LogP contribution >= 0.6 is 0 Å². The number of nitrogens with zero attached hydrogens (tertiary/aromatic N) is 4. The van der Waals surface area contributed by atoms with Gasteiger partial charge in [-0.3, -0.25) is 4.79 Å². The van der Waals surface area contributed by atoms with E-state index in [1.54, 1.807) is 6.20 Å². The molecule has 160 valence electrons. The summed E-state index contributed by atoms with van der Waals surface area (Å²) in [5.41, 5.74) is 1.72. The number of rotatable bonds is 7. The van der Waals surface area contributed by atoms with Crippen LogP contribution in [-0.4, -0.2) is 58.3 Å². The van der Waals surface area contributed by atoms with E-state index in [9.17, 15) is 4.79 Å². The number of hydrogen-bond donors (Lipinski definition) is 1. The van der Waals surface area contributed by atoms with Crippen molar-refractivity contribution in [1.29, 1.82) is 0 Å². The van der Waals surface area contributed by atoms with Gasteiger partial charge in [0.05, 0.1) is 12.2 Å². The average Bonchev–Trinajstić information content (AvgIpc) is 3.23. The molecule has 2 fully saturated rings. The van der Waals surface area contributed by atoms with Crippen LogP contribution in [0.5, 0.6) is 11.5 Å². The minimum absolute atomic E-state index is 0.0986. The van der Waals surface area contributed by atoms with Gasteiger partial charge >= 0.3 is 0 Å². The molecule has 8 nitrogen and oxygen atoms in total. The van der Waals surface area contributed by atoms with Gasteiger partial charge in [-0.15, -0.1) is 5.10 Å². The topological polar surface area (TPSA) is 81.5 Å². The maximum atomic E-state index is 12.1. The van der Waals surface area contributed by atoms with Crippen molar-refractivity contribution in [3.05, 3.63) is 35.7 Å². The molecule has 1 saturated carbocycles. The van der Waals surface area contributed by atoms with Crippen molar-refractivity contribution in [1.82, 2.24) is 25.2 Å². The Bertz CT molecular complexity index is 902. The molecule has 2 aromatic rings. The molecule has 30 heavy (non-hydrogen) atoms. The van der Waals surface area contributed by atoms with Gasteiger partial charge in [0.2, 0.25) is 6.79 Å². The largest absolute Gasteiger partial charge is 0.454 e. The second kappa shape index (κ2) is 8.26. The third-order valence-corrected chi connectivity index (χ3v) is 6.18. The van der Waals surface area contributed by atoms with Gasteiger partial charge in [-0.05, 0) is 55.7 Å². The van der Waals surface area contributed by atoms with Gasteiger partial charge in [-0.2, -0.15) is 0 Å². The van der Waals surface area contributed by atoms with Crippen LogP contribution in [-0.2, 0) is 6.42 Å². The minimum atomic E-state index is -0.0986. The maximum Gasteiger partial charge on any atom is 0.273 e. The Hall–Kier alpha value is -2.61. The molecule has 1 N–H and O–H groups in total. The molecular weight excluding hydrogens is 382 g/mol. The number of nitrogens with one attached hydrogen (secondary N) is 1. The Kier molecular flexibility index (Phi) is 5.33. The predicted octanol–water partition coefficient (Wildman–Crippen LogP) is 2.41. The fraction of sp³-hybridized carbons (Fsp3) is 0.591. The molecule has 1 aromatic heterocycles. The van der Waals surface area contributed by atoms with Gasteiger partial charge in [0.25, 0.3) is 5.91 Å². The van der Waals surface area contributed by atoms with E-state index in [4.69, 9.17) is 9.47 Å². The molecule has 8 heteroatoms. The SMILES string of the molecule is C[C@@H](Cc1ccc2c(c1)OCO2)CN1CCC(n2cc(C(=O)NC3CC3)nn2)CC1. The van der Waals surface area contributed by atoms with Gasteiger partial charge in [0, 0.05) is 25.7 Å². The number of likely N-dealkylation sites (tertiary alicyclic amines) is 1. The van der Waals surface area contributed by atoms with E-state index in [-0.39, 0.29) is 5.91 Å². The van der Waals surface area contributed by atoms with Crippen LogP contribution in [0.25, 0.3) is 0 Å². The minimum Gasteiger partial charge on any atom is -0.454 e. The number of aromatic nitrogens is 3. The van der Waals surface area contributed by atoms with Crippen molar-refractivity contribution >= 4 is 5.91 Å². The molecule has 5 rings (SSSR count). The first-order valence-corrected chi connectivity index (χ1v) is 11.0. The number of carbonyl (C=O) groups is 1. The molecule has 1 atom stereocenters. The van der Waals surface area contributed by atoms with Crippen LogP contribution < -0.4 is 14.8 Å². The predicted molar refractivity (Wildman–Crippen MR) is 111 cm³/mol. The van der Waals surface area contributed by atoms with Crippen LogP contribution in [0.1, 0.15) is 54.7 Å². The van der Waals surface area contributed by atoms with Gasteiger partial charge < -0.3 is 19.7 Å². The average molecular weight is 412 g/mol. The van der Waals surface area contributed by atoms with Crippen LogP contribution in [0.3, 0.4) is 0 Å². The zero-order chi connectivity index (χ0) is 20.5. The molecule has 3 heterocycles. The summed E-state index contributed by atoms with van der Waals surface area (Å²) in [6.45, 7) is 5.79. The second-order valence-corrected chi connectivity index (χ2v) is 8.86. The Balaban J connectivity index is 1.09. The normalized spacial score (nSPS) is 20.3. The van der Waals surface area contributed by atoms with Crippen LogP contribution in [0.15, 0.2) is 24.4 Å². The van der Waals surface area contributed by atoms with Crippen molar-refractivity contribution < 1.29 is 14.3 Å². The lowest BCUT2D eigenvalue weighted by Crippen LogP contribution is -2.37. The number of carbonyl (C=O) groups excluding carboxylic acids is 1. The first-order chi connectivity index (χ1) is 14.6. The number of hydrogen-bond acceptors (Lipinski definition) is 6. The van der Waals surface area contributed by atoms with E-state index >= 15 is 0 Å². The maximum absolute atomic E-state index is 12.1. The standard InChI is InChI=1S/C22H29N5O3/c1-15(10-16-2-5-20-21(11-16)30-14-29-20)12-26-8-6-18(7-9-26)27-13-19(24-25-27)22(28)23-17-3-4-17/h2,5,11,13,15,17-18H,3-4,6-10,12,14H2,1H3,(H,23,28)/t15-/m0/s1. The summed E-state index contributed by atoms with van der Waals surface area (Å²) in [4.78, 5) is 14.7. The molecule has 0 radical (unpaired) electrons. The Morgan fingerprint density at radius 1 is 1.20 bits per heavy atom. The zero-order valence-electron chi connectivity index (χ0n) is 17.4. The summed E-state index contributed by atoms with van der Waals surface area (Å²) in [5, 5.41) is 11.3. The van der Waals surface area contributed by atoms with Gasteiger partial charge in [-0.25, -0.2) is 4.68 Å². The highest BCUT2D eigenvalue weighted by Gasteiger charge is 2.27. The molecule has 0 spiro atoms. The molecule has 1 saturated heterocycles. The third kappa shape index (κ3) is 4.43. The molecule has 1 amide bonds. The fourth-order valence-electron chi connectivity index (χ4n) is 4.39. The quantitative estimate of drug-likeness (QED) is 0.754. The van der Waals surface area contributed by atoms with E-state index in [1.807, 2.05) is 10.7 Å². The zero-order valence-corrected chi connectivity index (χ0v) is 17.4. The number of amides is 1. The summed E-state index contributed by atoms with van der Waals surface area (Å²) in [5.74, 6) is 2.16. The van der Waals surface area contributed by atoms with E-state index in [1.165, 1.54) is 5.56 Å². The lowest BCUT2D eigenvalue weighted by atomic mass is 9.98. The van der Waals surface area contributed by atoms with Crippen molar-refractivity contribution in [3.63, 3.8) is 0 Å². The first kappa shape index (κ1) is 19.4. The van der Waals surface area contributed by atoms with Gasteiger partial charge in [0.1, 0.15) is 0 Å². The summed E-state index contributed by atoms with van der Waals surface area (Å²) >= 11 is 0. The van der Waals surface area contributed by atoms with E-state index < -0.39 is 0 Å². The molecule has 2 aliphatic heterocycles. The van der Waals surface area contributed by atoms with Crippen molar-refractivity contribution in [2.24, 2.45) is 5.92 Å². The fourth-order valence-corrected chi connectivity index (χ4v) is 4.39.